The fourth-order valence-electron chi connectivity index (χ4n) is 9.78. The number of carbonyl (C=O) groups is 3. The predicted octanol–water partition coefficient (Wildman–Crippen LogP) is 9.92. The summed E-state index contributed by atoms with van der Waals surface area (Å²) in [6.07, 6.45) is 4.52. The van der Waals surface area contributed by atoms with Crippen LogP contribution in [-0.4, -0.2) is 70.8 Å². The molecule has 10 rings (SSSR count). The van der Waals surface area contributed by atoms with E-state index in [1.165, 1.54) is 17.5 Å². The molecule has 1 aliphatic carbocycles. The molecular formula is C58H54N6O8. The Kier molecular flexibility index (Phi) is 14.1. The van der Waals surface area contributed by atoms with Gasteiger partial charge in [-0.25, -0.2) is 15.0 Å². The molecule has 2 atom stereocenters. The van der Waals surface area contributed by atoms with Crippen LogP contribution in [0, 0.1) is 0 Å². The molecule has 364 valence electrons. The van der Waals surface area contributed by atoms with Crippen molar-refractivity contribution in [2.75, 3.05) is 32.8 Å². The van der Waals surface area contributed by atoms with Crippen molar-refractivity contribution in [2.24, 2.45) is 0 Å². The Balaban J connectivity index is 0.721. The predicted molar refractivity (Wildman–Crippen MR) is 272 cm³/mol. The molecule has 14 nitrogen and oxygen atoms in total. The highest BCUT2D eigenvalue weighted by atomic mass is 16.6. The molecule has 0 unspecified atom stereocenters. The zero-order chi connectivity index (χ0) is 49.4. The average Bonchev–Trinajstić information content (AvgIpc) is 4.17. The third kappa shape index (κ3) is 9.91. The van der Waals surface area contributed by atoms with Crippen LogP contribution < -0.4 is 20.1 Å². The van der Waals surface area contributed by atoms with E-state index in [4.69, 9.17) is 23.7 Å². The van der Waals surface area contributed by atoms with Crippen molar-refractivity contribution in [3.63, 3.8) is 0 Å². The van der Waals surface area contributed by atoms with E-state index in [-0.39, 0.29) is 74.5 Å². The molecule has 0 saturated carbocycles. The Labute approximate surface area is 417 Å². The fraction of sp³-hybridized carbons (Fsp3) is 0.241. The summed E-state index contributed by atoms with van der Waals surface area (Å²) in [5.41, 5.74) is 8.64. The molecule has 0 spiro atoms. The molecule has 2 aliphatic rings. The lowest BCUT2D eigenvalue weighted by Crippen LogP contribution is -2.35. The van der Waals surface area contributed by atoms with Crippen molar-refractivity contribution in [1.82, 2.24) is 24.8 Å². The summed E-state index contributed by atoms with van der Waals surface area (Å²) in [4.78, 5) is 52.4. The SMILES string of the molecule is COc1ccc(C(OC[C@@H]2CC[C@H](n3cnc4c(NC(=O)c5ccc(CNC(=O)CCCC(=O)OCC6c7ccccc7-c7ccccc76)cc5)ncnc43)O2)(c2ccccc2)c2ccc(OC)cc2)cc1. The number of imidazole rings is 1. The van der Waals surface area contributed by atoms with Gasteiger partial charge in [0.25, 0.3) is 5.91 Å². The molecule has 6 aromatic carbocycles. The van der Waals surface area contributed by atoms with Crippen LogP contribution in [0.2, 0.25) is 0 Å². The van der Waals surface area contributed by atoms with Gasteiger partial charge in [-0.3, -0.25) is 19.0 Å². The number of fused-ring (bicyclic) bond motifs is 4. The van der Waals surface area contributed by atoms with E-state index < -0.39 is 5.60 Å². The van der Waals surface area contributed by atoms with Crippen LogP contribution >= 0.6 is 0 Å². The molecule has 2 aromatic heterocycles. The maximum Gasteiger partial charge on any atom is 0.305 e. The first-order chi connectivity index (χ1) is 35.3. The van der Waals surface area contributed by atoms with Gasteiger partial charge in [0.2, 0.25) is 5.91 Å². The second-order valence-electron chi connectivity index (χ2n) is 17.8. The summed E-state index contributed by atoms with van der Waals surface area (Å²) in [6.45, 7) is 0.807. The van der Waals surface area contributed by atoms with Gasteiger partial charge in [0.1, 0.15) is 36.3 Å². The average molecular weight is 963 g/mol. The van der Waals surface area contributed by atoms with E-state index in [1.54, 1.807) is 44.8 Å². The summed E-state index contributed by atoms with van der Waals surface area (Å²) in [6, 6.07) is 49.4. The highest BCUT2D eigenvalue weighted by Crippen LogP contribution is 2.45. The molecular weight excluding hydrogens is 909 g/mol. The monoisotopic (exact) mass is 962 g/mol. The lowest BCUT2D eigenvalue weighted by atomic mass is 9.80. The second-order valence-corrected chi connectivity index (χ2v) is 17.8. The first-order valence-electron chi connectivity index (χ1n) is 24.1. The topological polar surface area (TPSA) is 165 Å². The van der Waals surface area contributed by atoms with E-state index in [9.17, 15) is 14.4 Å². The van der Waals surface area contributed by atoms with Gasteiger partial charge < -0.3 is 34.3 Å². The number of nitrogens with one attached hydrogen (secondary N) is 2. The Morgan fingerprint density at radius 2 is 1.31 bits per heavy atom. The quantitative estimate of drug-likeness (QED) is 0.0585. The third-order valence-electron chi connectivity index (χ3n) is 13.5. The number of amides is 2. The molecule has 14 heteroatoms. The minimum Gasteiger partial charge on any atom is -0.497 e. The Morgan fingerprint density at radius 1 is 0.681 bits per heavy atom. The molecule has 0 radical (unpaired) electrons. The number of rotatable bonds is 19. The fourth-order valence-corrected chi connectivity index (χ4v) is 9.78. The van der Waals surface area contributed by atoms with Crippen molar-refractivity contribution in [3.05, 3.63) is 203 Å². The first kappa shape index (κ1) is 47.5. The minimum absolute atomic E-state index is 0.0107. The van der Waals surface area contributed by atoms with Crippen molar-refractivity contribution >= 4 is 34.8 Å². The number of nitrogens with zero attached hydrogens (tertiary/aromatic N) is 4. The van der Waals surface area contributed by atoms with Gasteiger partial charge in [-0.15, -0.1) is 0 Å². The smallest absolute Gasteiger partial charge is 0.305 e. The molecule has 0 bridgehead atoms. The molecule has 1 saturated heterocycles. The van der Waals surface area contributed by atoms with E-state index in [0.29, 0.717) is 29.6 Å². The molecule has 3 heterocycles. The van der Waals surface area contributed by atoms with Crippen LogP contribution in [0.15, 0.2) is 164 Å². The first-order valence-corrected chi connectivity index (χ1v) is 24.1. The number of benzene rings is 6. The van der Waals surface area contributed by atoms with Crippen molar-refractivity contribution in [2.45, 2.75) is 62.5 Å². The van der Waals surface area contributed by atoms with E-state index in [2.05, 4.69) is 62.0 Å². The van der Waals surface area contributed by atoms with Gasteiger partial charge in [0.15, 0.2) is 17.0 Å². The zero-order valence-electron chi connectivity index (χ0n) is 40.0. The highest BCUT2D eigenvalue weighted by Gasteiger charge is 2.40. The van der Waals surface area contributed by atoms with E-state index >= 15 is 0 Å². The number of esters is 1. The van der Waals surface area contributed by atoms with Crippen molar-refractivity contribution in [1.29, 1.82) is 0 Å². The molecule has 2 N–H and O–H groups in total. The molecule has 72 heavy (non-hydrogen) atoms. The third-order valence-corrected chi connectivity index (χ3v) is 13.5. The molecule has 2 amide bonds. The van der Waals surface area contributed by atoms with Gasteiger partial charge >= 0.3 is 5.97 Å². The lowest BCUT2D eigenvalue weighted by Gasteiger charge is -2.37. The summed E-state index contributed by atoms with van der Waals surface area (Å²) >= 11 is 0. The van der Waals surface area contributed by atoms with Gasteiger partial charge in [0, 0.05) is 30.9 Å². The standard InChI is InChI=1S/C58H54N6O8/c1-68-43-27-23-41(24-28-43)58(40-11-4-3-5-12-40,42-25-29-44(69-2)30-26-42)71-34-45-31-32-52(72-45)64-37-62-54-55(60-36-61-56(54)64)63-57(67)39-21-19-38(20-22-39)33-59-51(65)17-10-18-53(66)70-35-50-48-15-8-6-13-46(48)47-14-7-9-16-49(47)50/h3-9,11-16,19-30,36-37,45,50,52H,10,17-18,31-35H2,1-2H3,(H,59,65)(H,60,61,63,67)/t45-,52+/m0/s1. The van der Waals surface area contributed by atoms with Crippen molar-refractivity contribution in [3.8, 4) is 22.6 Å². The Hall–Kier alpha value is -8.20. The number of carbonyl (C=O) groups excluding carboxylic acids is 3. The zero-order valence-corrected chi connectivity index (χ0v) is 40.0. The summed E-state index contributed by atoms with van der Waals surface area (Å²) in [5.74, 6) is 0.855. The van der Waals surface area contributed by atoms with Crippen LogP contribution in [0.1, 0.15) is 88.0 Å². The van der Waals surface area contributed by atoms with Gasteiger partial charge in [-0.05, 0) is 100 Å². The van der Waals surface area contributed by atoms with Crippen LogP contribution in [0.4, 0.5) is 5.82 Å². The number of anilines is 1. The summed E-state index contributed by atoms with van der Waals surface area (Å²) in [7, 11) is 3.30. The number of aromatic nitrogens is 4. The number of ether oxygens (including phenoxy) is 5. The van der Waals surface area contributed by atoms with E-state index in [1.807, 2.05) is 95.6 Å². The maximum atomic E-state index is 13.5. The lowest BCUT2D eigenvalue weighted by molar-refractivity contribution is -0.144. The van der Waals surface area contributed by atoms with Crippen LogP contribution in [-0.2, 0) is 35.9 Å². The molecule has 8 aromatic rings. The second kappa shape index (κ2) is 21.4. The van der Waals surface area contributed by atoms with Crippen LogP contribution in [0.25, 0.3) is 22.3 Å². The van der Waals surface area contributed by atoms with E-state index in [0.717, 1.165) is 51.3 Å². The van der Waals surface area contributed by atoms with Gasteiger partial charge in [-0.1, -0.05) is 115 Å². The number of hydrogen-bond donors (Lipinski definition) is 2. The normalized spacial score (nSPS) is 15.1. The maximum absolute atomic E-state index is 13.5. The van der Waals surface area contributed by atoms with Gasteiger partial charge in [0.05, 0.1) is 33.3 Å². The number of methoxy groups -OCH3 is 2. The largest absolute Gasteiger partial charge is 0.497 e. The van der Waals surface area contributed by atoms with Crippen molar-refractivity contribution < 1.29 is 38.1 Å². The summed E-state index contributed by atoms with van der Waals surface area (Å²) in [5, 5.41) is 5.80. The highest BCUT2D eigenvalue weighted by molar-refractivity contribution is 6.06. The minimum atomic E-state index is -0.988. The van der Waals surface area contributed by atoms with Crippen LogP contribution in [0.3, 0.4) is 0 Å². The number of hydrogen-bond acceptors (Lipinski definition) is 11. The van der Waals surface area contributed by atoms with Crippen LogP contribution in [0.5, 0.6) is 11.5 Å². The summed E-state index contributed by atoms with van der Waals surface area (Å²) < 4.78 is 32.4. The Bertz CT molecular complexity index is 3090. The van der Waals surface area contributed by atoms with Gasteiger partial charge in [-0.2, -0.15) is 0 Å². The molecule has 1 aliphatic heterocycles. The Morgan fingerprint density at radius 3 is 1.96 bits per heavy atom. The molecule has 1 fully saturated rings.